The van der Waals surface area contributed by atoms with Crippen LogP contribution in [0.4, 0.5) is 0 Å². The number of hydrogen-bond donors (Lipinski definition) is 4. The van der Waals surface area contributed by atoms with Crippen molar-refractivity contribution in [1.29, 1.82) is 0 Å². The first-order chi connectivity index (χ1) is 10.1. The number of ether oxygens (including phenoxy) is 1. The summed E-state index contributed by atoms with van der Waals surface area (Å²) in [5.41, 5.74) is 5.56. The van der Waals surface area contributed by atoms with E-state index in [2.05, 4.69) is 36.5 Å². The summed E-state index contributed by atoms with van der Waals surface area (Å²) in [6.07, 6.45) is 3.30. The number of nitrogens with one attached hydrogen (secondary N) is 1. The Kier molecular flexibility index (Phi) is 4.82. The molecular formula is C14H26N4O3P+. The predicted octanol–water partition coefficient (Wildman–Crippen LogP) is -0.792. The van der Waals surface area contributed by atoms with Crippen LogP contribution in [-0.4, -0.2) is 77.4 Å². The van der Waals surface area contributed by atoms with Crippen LogP contribution in [0, 0.1) is 5.92 Å². The molecule has 124 valence electrons. The zero-order valence-electron chi connectivity index (χ0n) is 13.3. The maximum Gasteiger partial charge on any atom is 0.335 e. The first-order valence-corrected chi connectivity index (χ1v) is 10.3. The maximum absolute atomic E-state index is 10.3. The van der Waals surface area contributed by atoms with Crippen molar-refractivity contribution in [1.82, 2.24) is 5.32 Å². The lowest BCUT2D eigenvalue weighted by molar-refractivity contribution is -0.578. The first kappa shape index (κ1) is 17.2. The largest absolute Gasteiger partial charge is 0.387 e. The lowest BCUT2D eigenvalue weighted by Crippen LogP contribution is -2.46. The average molecular weight is 329 g/mol. The Bertz CT molecular complexity index is 568. The molecule has 0 amide bonds. The second-order valence-electron chi connectivity index (χ2n) is 6.68. The molecule has 2 heterocycles. The van der Waals surface area contributed by atoms with Crippen LogP contribution in [0.2, 0.25) is 0 Å². The van der Waals surface area contributed by atoms with Crippen LogP contribution in [0.3, 0.4) is 0 Å². The van der Waals surface area contributed by atoms with Gasteiger partial charge in [-0.1, -0.05) is 11.9 Å². The minimum Gasteiger partial charge on any atom is -0.387 e. The molecule has 1 fully saturated rings. The second kappa shape index (κ2) is 6.16. The molecule has 1 saturated heterocycles. The van der Waals surface area contributed by atoms with Gasteiger partial charge in [-0.3, -0.25) is 0 Å². The van der Waals surface area contributed by atoms with Gasteiger partial charge in [0, 0.05) is 0 Å². The Morgan fingerprint density at radius 3 is 2.68 bits per heavy atom. The number of aliphatic imine (C=N–C) groups is 1. The van der Waals surface area contributed by atoms with E-state index in [4.69, 9.17) is 10.5 Å². The molecule has 0 aromatic heterocycles. The Morgan fingerprint density at radius 2 is 2.14 bits per heavy atom. The van der Waals surface area contributed by atoms with Crippen molar-refractivity contribution in [3.05, 3.63) is 12.4 Å². The van der Waals surface area contributed by atoms with Crippen LogP contribution in [0.25, 0.3) is 0 Å². The highest BCUT2D eigenvalue weighted by Gasteiger charge is 2.49. The van der Waals surface area contributed by atoms with E-state index < -0.39 is 31.4 Å². The Morgan fingerprint density at radius 1 is 1.50 bits per heavy atom. The summed E-state index contributed by atoms with van der Waals surface area (Å²) in [7, 11) is 0. The van der Waals surface area contributed by atoms with Crippen molar-refractivity contribution in [2.24, 2.45) is 16.6 Å². The van der Waals surface area contributed by atoms with Crippen molar-refractivity contribution >= 4 is 25.5 Å². The molecule has 0 aromatic rings. The van der Waals surface area contributed by atoms with Crippen molar-refractivity contribution in [3.63, 3.8) is 0 Å². The zero-order chi connectivity index (χ0) is 16.7. The highest BCUT2D eigenvalue weighted by atomic mass is 31.2. The van der Waals surface area contributed by atoms with Crippen LogP contribution < -0.4 is 11.1 Å². The van der Waals surface area contributed by atoms with Crippen LogP contribution in [-0.2, 0) is 4.74 Å². The number of nitrogens with two attached hydrogens (primary N) is 1. The molecular weight excluding hydrogens is 303 g/mol. The summed E-state index contributed by atoms with van der Waals surface area (Å²) in [4.78, 5) is 3.94. The molecule has 0 spiro atoms. The second-order valence-corrected chi connectivity index (χ2v) is 10.9. The Hall–Kier alpha value is -1.14. The van der Waals surface area contributed by atoms with Crippen LogP contribution in [0.1, 0.15) is 6.92 Å². The summed E-state index contributed by atoms with van der Waals surface area (Å²) >= 11 is 0. The third-order valence-corrected chi connectivity index (χ3v) is 5.36. The average Bonchev–Trinajstić information content (AvgIpc) is 2.65. The van der Waals surface area contributed by atoms with Gasteiger partial charge in [0.25, 0.3) is 0 Å². The number of guanidine groups is 1. The van der Waals surface area contributed by atoms with Gasteiger partial charge in [0.05, 0.1) is 6.10 Å². The van der Waals surface area contributed by atoms with Gasteiger partial charge in [0.2, 0.25) is 18.4 Å². The number of aliphatic hydroxyl groups excluding tert-OH is 2. The molecule has 0 radical (unpaired) electrons. The number of aliphatic hydroxyl groups is 2. The smallest absolute Gasteiger partial charge is 0.335 e. The van der Waals surface area contributed by atoms with E-state index in [-0.39, 0.29) is 11.9 Å². The van der Waals surface area contributed by atoms with Crippen LogP contribution >= 0.6 is 6.89 Å². The summed E-state index contributed by atoms with van der Waals surface area (Å²) in [5.74, 6) is 0.764. The molecule has 7 nitrogen and oxygen atoms in total. The maximum atomic E-state index is 10.3. The molecule has 0 aromatic carbocycles. The van der Waals surface area contributed by atoms with Crippen LogP contribution in [0.5, 0.6) is 0 Å². The molecule has 2 rings (SSSR count). The quantitative estimate of drug-likeness (QED) is 0.400. The van der Waals surface area contributed by atoms with E-state index in [1.54, 1.807) is 4.58 Å². The normalized spacial score (nSPS) is 34.0. The van der Waals surface area contributed by atoms with Gasteiger partial charge in [-0.05, 0) is 32.0 Å². The van der Waals surface area contributed by atoms with Gasteiger partial charge < -0.3 is 20.7 Å². The minimum absolute atomic E-state index is 0.0927. The number of hydrogen-bond acceptors (Lipinski definition) is 6. The first-order valence-electron chi connectivity index (χ1n) is 7.20. The molecule has 1 unspecified atom stereocenters. The lowest BCUT2D eigenvalue weighted by atomic mass is 10.0. The van der Waals surface area contributed by atoms with Gasteiger partial charge >= 0.3 is 5.96 Å². The number of rotatable bonds is 4. The zero-order valence-corrected chi connectivity index (χ0v) is 14.2. The van der Waals surface area contributed by atoms with Gasteiger partial charge in [0.15, 0.2) is 0 Å². The van der Waals surface area contributed by atoms with E-state index in [0.29, 0.717) is 5.82 Å². The molecule has 2 aliphatic heterocycles. The summed E-state index contributed by atoms with van der Waals surface area (Å²) in [6.45, 7) is 8.86. The van der Waals surface area contributed by atoms with E-state index >= 15 is 0 Å². The SMILES string of the molecule is C=C1NC(N)=NC=[N+]1[C@@H]1O[C@H](C(C)CP(=C)(C)C)[C@@H](O)[C@H]1O. The third-order valence-electron chi connectivity index (χ3n) is 3.80. The Balaban J connectivity index is 2.17. The molecule has 5 N–H and O–H groups in total. The molecule has 0 aliphatic carbocycles. The molecule has 8 heteroatoms. The van der Waals surface area contributed by atoms with Gasteiger partial charge in [-0.2, -0.15) is 0 Å². The highest BCUT2D eigenvalue weighted by molar-refractivity contribution is 7.72. The molecule has 0 bridgehead atoms. The van der Waals surface area contributed by atoms with E-state index in [1.807, 2.05) is 6.92 Å². The predicted molar refractivity (Wildman–Crippen MR) is 90.8 cm³/mol. The van der Waals surface area contributed by atoms with Gasteiger partial charge in [-0.25, -0.2) is 9.89 Å². The summed E-state index contributed by atoms with van der Waals surface area (Å²) in [5, 5.41) is 23.4. The van der Waals surface area contributed by atoms with Gasteiger partial charge in [0.1, 0.15) is 12.2 Å². The number of nitrogens with zero attached hydrogens (tertiary/aromatic N) is 2. The molecule has 0 saturated carbocycles. The van der Waals surface area contributed by atoms with E-state index in [1.165, 1.54) is 6.34 Å². The minimum atomic E-state index is -1.26. The third kappa shape index (κ3) is 3.60. The molecule has 22 heavy (non-hydrogen) atoms. The monoisotopic (exact) mass is 329 g/mol. The van der Waals surface area contributed by atoms with E-state index in [9.17, 15) is 10.2 Å². The fraction of sp³-hybridized carbons (Fsp3) is 0.643. The summed E-state index contributed by atoms with van der Waals surface area (Å²) < 4.78 is 7.46. The lowest BCUT2D eigenvalue weighted by Gasteiger charge is -2.26. The highest BCUT2D eigenvalue weighted by Crippen LogP contribution is 2.40. The van der Waals surface area contributed by atoms with Gasteiger partial charge in [-0.15, -0.1) is 13.2 Å². The molecule has 5 atom stereocenters. The fourth-order valence-corrected chi connectivity index (χ4v) is 4.69. The standard InChI is InChI=1S/C14H25N4O3P/c1-8(6-22(3,4)5)12-10(19)11(20)13(21-12)18-7-16-14(15)17-9(18)2/h7-8,10-13,19-20H,2-3,6H2,1,4-5H3,(H2,15,17)/p+1/t8?,10-,11+,12+,13+/m0/s1. The summed E-state index contributed by atoms with van der Waals surface area (Å²) in [6, 6.07) is 0. The van der Waals surface area contributed by atoms with Crippen molar-refractivity contribution in [2.75, 3.05) is 19.5 Å². The fourth-order valence-electron chi connectivity index (χ4n) is 2.93. The molecule has 2 aliphatic rings. The van der Waals surface area contributed by atoms with Crippen molar-refractivity contribution in [2.45, 2.75) is 31.5 Å². The van der Waals surface area contributed by atoms with Crippen molar-refractivity contribution in [3.8, 4) is 0 Å². The van der Waals surface area contributed by atoms with E-state index in [0.717, 1.165) is 6.16 Å². The van der Waals surface area contributed by atoms with Crippen molar-refractivity contribution < 1.29 is 19.5 Å². The Labute approximate surface area is 131 Å². The topological polar surface area (TPSA) is 103 Å². The van der Waals surface area contributed by atoms with Crippen LogP contribution in [0.15, 0.2) is 17.4 Å².